The molecule has 1 aromatic carbocycles. The Labute approximate surface area is 112 Å². The van der Waals surface area contributed by atoms with Crippen molar-refractivity contribution in [1.29, 1.82) is 0 Å². The van der Waals surface area contributed by atoms with Gasteiger partial charge in [0.1, 0.15) is 6.04 Å². The largest absolute Gasteiger partial charge is 0.468 e. The van der Waals surface area contributed by atoms with Crippen LogP contribution in [0.3, 0.4) is 0 Å². The fraction of sp³-hybridized carbons (Fsp3) is 0.462. The van der Waals surface area contributed by atoms with Crippen LogP contribution in [-0.2, 0) is 9.53 Å². The number of ether oxygens (including phenoxy) is 1. The number of halogens is 1. The Balaban J connectivity index is 2.26. The van der Waals surface area contributed by atoms with E-state index in [0.29, 0.717) is 5.02 Å². The van der Waals surface area contributed by atoms with E-state index < -0.39 is 0 Å². The highest BCUT2D eigenvalue weighted by atomic mass is 35.5. The first-order valence-electron chi connectivity index (χ1n) is 6.00. The molecule has 1 fully saturated rings. The van der Waals surface area contributed by atoms with Crippen LogP contribution < -0.4 is 5.32 Å². The monoisotopic (exact) mass is 268 g/mol. The van der Waals surface area contributed by atoms with Gasteiger partial charge in [-0.3, -0.25) is 4.90 Å². The Bertz CT molecular complexity index is 419. The summed E-state index contributed by atoms with van der Waals surface area (Å²) in [6, 6.07) is 7.03. The van der Waals surface area contributed by atoms with Crippen molar-refractivity contribution in [2.24, 2.45) is 0 Å². The number of rotatable bonds is 3. The Morgan fingerprint density at radius 3 is 2.78 bits per heavy atom. The molecule has 18 heavy (non-hydrogen) atoms. The Kier molecular flexibility index (Phi) is 4.58. The van der Waals surface area contributed by atoms with E-state index in [-0.39, 0.29) is 12.0 Å². The third kappa shape index (κ3) is 3.02. The van der Waals surface area contributed by atoms with Gasteiger partial charge in [0.05, 0.1) is 7.11 Å². The van der Waals surface area contributed by atoms with Crippen molar-refractivity contribution in [3.05, 3.63) is 34.9 Å². The molecule has 1 atom stereocenters. The van der Waals surface area contributed by atoms with Crippen molar-refractivity contribution in [1.82, 2.24) is 10.2 Å². The van der Waals surface area contributed by atoms with Gasteiger partial charge >= 0.3 is 5.97 Å². The molecule has 1 unspecified atom stereocenters. The van der Waals surface area contributed by atoms with E-state index in [1.807, 2.05) is 18.2 Å². The molecule has 0 spiro atoms. The molecule has 1 aromatic rings. The third-order valence-corrected chi connectivity index (χ3v) is 3.34. The highest BCUT2D eigenvalue weighted by Gasteiger charge is 2.29. The summed E-state index contributed by atoms with van der Waals surface area (Å²) in [4.78, 5) is 14.1. The zero-order valence-corrected chi connectivity index (χ0v) is 11.1. The highest BCUT2D eigenvalue weighted by molar-refractivity contribution is 6.30. The minimum atomic E-state index is -0.365. The molecule has 1 aliphatic rings. The number of esters is 1. The number of carbonyl (C=O) groups is 1. The van der Waals surface area contributed by atoms with Gasteiger partial charge in [0.2, 0.25) is 0 Å². The molecule has 0 saturated carbocycles. The van der Waals surface area contributed by atoms with Crippen LogP contribution in [0.5, 0.6) is 0 Å². The van der Waals surface area contributed by atoms with Gasteiger partial charge in [-0.1, -0.05) is 23.7 Å². The maximum absolute atomic E-state index is 12.0. The molecule has 0 aliphatic carbocycles. The van der Waals surface area contributed by atoms with Crippen LogP contribution in [0, 0.1) is 0 Å². The number of hydrogen-bond donors (Lipinski definition) is 1. The van der Waals surface area contributed by atoms with Crippen LogP contribution >= 0.6 is 11.6 Å². The Morgan fingerprint density at radius 2 is 2.17 bits per heavy atom. The molecule has 0 amide bonds. The number of methoxy groups -OCH3 is 1. The van der Waals surface area contributed by atoms with Crippen LogP contribution in [0.4, 0.5) is 0 Å². The highest BCUT2D eigenvalue weighted by Crippen LogP contribution is 2.24. The predicted molar refractivity (Wildman–Crippen MR) is 70.7 cm³/mol. The van der Waals surface area contributed by atoms with Crippen LogP contribution in [-0.4, -0.2) is 44.2 Å². The number of carbonyl (C=O) groups excluding carboxylic acids is 1. The van der Waals surface area contributed by atoms with Crippen LogP contribution in [0.1, 0.15) is 11.6 Å². The molecular formula is C13H17ClN2O2. The van der Waals surface area contributed by atoms with Gasteiger partial charge in [-0.2, -0.15) is 0 Å². The van der Waals surface area contributed by atoms with Crippen molar-refractivity contribution in [3.8, 4) is 0 Å². The Morgan fingerprint density at radius 1 is 1.44 bits per heavy atom. The maximum Gasteiger partial charge on any atom is 0.327 e. The second-order valence-corrected chi connectivity index (χ2v) is 4.70. The second-order valence-electron chi connectivity index (χ2n) is 4.27. The molecule has 4 nitrogen and oxygen atoms in total. The molecule has 1 N–H and O–H groups in total. The quantitative estimate of drug-likeness (QED) is 0.843. The van der Waals surface area contributed by atoms with Gasteiger partial charge in [-0.05, 0) is 17.7 Å². The summed E-state index contributed by atoms with van der Waals surface area (Å²) < 4.78 is 4.92. The summed E-state index contributed by atoms with van der Waals surface area (Å²) in [6.45, 7) is 3.42. The topological polar surface area (TPSA) is 41.6 Å². The van der Waals surface area contributed by atoms with Gasteiger partial charge in [0.15, 0.2) is 0 Å². The molecule has 0 bridgehead atoms. The first kappa shape index (κ1) is 13.3. The van der Waals surface area contributed by atoms with E-state index in [1.54, 1.807) is 6.07 Å². The van der Waals surface area contributed by atoms with Crippen molar-refractivity contribution in [3.63, 3.8) is 0 Å². The van der Waals surface area contributed by atoms with Crippen molar-refractivity contribution in [2.75, 3.05) is 33.3 Å². The molecule has 1 saturated heterocycles. The number of benzene rings is 1. The molecule has 98 valence electrons. The number of nitrogens with one attached hydrogen (secondary N) is 1. The van der Waals surface area contributed by atoms with Crippen molar-refractivity contribution >= 4 is 17.6 Å². The lowest BCUT2D eigenvalue weighted by Crippen LogP contribution is -2.47. The minimum absolute atomic E-state index is 0.237. The summed E-state index contributed by atoms with van der Waals surface area (Å²) >= 11 is 5.99. The SMILES string of the molecule is COC(=O)C(c1cccc(Cl)c1)N1CCNCC1. The smallest absolute Gasteiger partial charge is 0.327 e. The van der Waals surface area contributed by atoms with Crippen molar-refractivity contribution < 1.29 is 9.53 Å². The summed E-state index contributed by atoms with van der Waals surface area (Å²) in [5, 5.41) is 3.91. The molecular weight excluding hydrogens is 252 g/mol. The molecule has 1 heterocycles. The van der Waals surface area contributed by atoms with Crippen LogP contribution in [0.25, 0.3) is 0 Å². The molecule has 5 heteroatoms. The van der Waals surface area contributed by atoms with E-state index in [0.717, 1.165) is 31.7 Å². The first-order valence-corrected chi connectivity index (χ1v) is 6.38. The zero-order chi connectivity index (χ0) is 13.0. The molecule has 1 aliphatic heterocycles. The first-order chi connectivity index (χ1) is 8.72. The van der Waals surface area contributed by atoms with Crippen molar-refractivity contribution in [2.45, 2.75) is 6.04 Å². The lowest BCUT2D eigenvalue weighted by molar-refractivity contribution is -0.147. The van der Waals surface area contributed by atoms with Crippen LogP contribution in [0.15, 0.2) is 24.3 Å². The molecule has 2 rings (SSSR count). The van der Waals surface area contributed by atoms with Gasteiger partial charge in [0, 0.05) is 31.2 Å². The Hall–Kier alpha value is -1.10. The standard InChI is InChI=1S/C13H17ClN2O2/c1-18-13(17)12(16-7-5-15-6-8-16)10-3-2-4-11(14)9-10/h2-4,9,12,15H,5-8H2,1H3. The molecule has 0 aromatic heterocycles. The van der Waals surface area contributed by atoms with Gasteiger partial charge in [-0.25, -0.2) is 4.79 Å². The average molecular weight is 269 g/mol. The predicted octanol–water partition coefficient (Wildman–Crippen LogP) is 1.46. The normalized spacial score (nSPS) is 18.3. The van der Waals surface area contributed by atoms with Crippen LogP contribution in [0.2, 0.25) is 5.02 Å². The molecule has 0 radical (unpaired) electrons. The average Bonchev–Trinajstić information content (AvgIpc) is 2.40. The summed E-state index contributed by atoms with van der Waals surface area (Å²) in [5.41, 5.74) is 0.885. The zero-order valence-electron chi connectivity index (χ0n) is 10.4. The summed E-state index contributed by atoms with van der Waals surface area (Å²) in [5.74, 6) is -0.237. The number of piperazine rings is 1. The number of hydrogen-bond acceptors (Lipinski definition) is 4. The fourth-order valence-corrected chi connectivity index (χ4v) is 2.42. The lowest BCUT2D eigenvalue weighted by atomic mass is 10.0. The van der Waals surface area contributed by atoms with Gasteiger partial charge in [0.25, 0.3) is 0 Å². The fourth-order valence-electron chi connectivity index (χ4n) is 2.22. The van der Waals surface area contributed by atoms with E-state index in [2.05, 4.69) is 10.2 Å². The maximum atomic E-state index is 12.0. The van der Waals surface area contributed by atoms with Gasteiger partial charge < -0.3 is 10.1 Å². The second kappa shape index (κ2) is 6.18. The van der Waals surface area contributed by atoms with E-state index in [1.165, 1.54) is 7.11 Å². The summed E-state index contributed by atoms with van der Waals surface area (Å²) in [7, 11) is 1.42. The third-order valence-electron chi connectivity index (χ3n) is 3.11. The van der Waals surface area contributed by atoms with E-state index >= 15 is 0 Å². The van der Waals surface area contributed by atoms with E-state index in [9.17, 15) is 4.79 Å². The lowest BCUT2D eigenvalue weighted by Gasteiger charge is -2.33. The van der Waals surface area contributed by atoms with E-state index in [4.69, 9.17) is 16.3 Å². The minimum Gasteiger partial charge on any atom is -0.468 e. The van der Waals surface area contributed by atoms with Gasteiger partial charge in [-0.15, -0.1) is 0 Å². The number of nitrogens with zero attached hydrogens (tertiary/aromatic N) is 1. The summed E-state index contributed by atoms with van der Waals surface area (Å²) in [6.07, 6.45) is 0.